The van der Waals surface area contributed by atoms with Gasteiger partial charge in [-0.15, -0.1) is 0 Å². The lowest BCUT2D eigenvalue weighted by Crippen LogP contribution is -2.27. The highest BCUT2D eigenvalue weighted by atomic mass is 19.4. The third-order valence-electron chi connectivity index (χ3n) is 4.17. The molecule has 0 saturated heterocycles. The molecule has 0 aliphatic rings. The fourth-order valence-electron chi connectivity index (χ4n) is 2.79. The Kier molecular flexibility index (Phi) is 5.50. The zero-order chi connectivity index (χ0) is 20.3. The molecule has 3 aromatic rings. The van der Waals surface area contributed by atoms with Gasteiger partial charge in [-0.2, -0.15) is 28.2 Å². The van der Waals surface area contributed by atoms with Crippen LogP contribution in [-0.2, 0) is 6.18 Å². The molecular formula is C18H20F3N7. The van der Waals surface area contributed by atoms with Gasteiger partial charge in [-0.25, -0.2) is 4.68 Å². The van der Waals surface area contributed by atoms with Gasteiger partial charge < -0.3 is 16.0 Å². The summed E-state index contributed by atoms with van der Waals surface area (Å²) in [5.41, 5.74) is 5.64. The average molecular weight is 391 g/mol. The molecule has 2 aromatic heterocycles. The van der Waals surface area contributed by atoms with Crippen molar-refractivity contribution < 1.29 is 13.2 Å². The van der Waals surface area contributed by atoms with Crippen LogP contribution in [0.15, 0.2) is 48.8 Å². The molecule has 0 fully saturated rings. The van der Waals surface area contributed by atoms with Crippen LogP contribution in [0.2, 0.25) is 0 Å². The number of nitrogens with zero attached hydrogens (tertiary/aromatic N) is 5. The summed E-state index contributed by atoms with van der Waals surface area (Å²) < 4.78 is 40.7. The lowest BCUT2D eigenvalue weighted by molar-refractivity contribution is -0.137. The van der Waals surface area contributed by atoms with Crippen LogP contribution in [0.1, 0.15) is 17.2 Å². The number of nitrogen functional groups attached to an aromatic ring is 1. The maximum atomic E-state index is 13.0. The van der Waals surface area contributed by atoms with Crippen LogP contribution in [-0.4, -0.2) is 45.3 Å². The van der Waals surface area contributed by atoms with Gasteiger partial charge in [0.05, 0.1) is 11.6 Å². The van der Waals surface area contributed by atoms with E-state index in [4.69, 9.17) is 5.73 Å². The minimum absolute atomic E-state index is 0.0657. The van der Waals surface area contributed by atoms with E-state index in [1.54, 1.807) is 49.4 Å². The van der Waals surface area contributed by atoms with E-state index in [1.807, 2.05) is 4.90 Å². The van der Waals surface area contributed by atoms with Crippen molar-refractivity contribution in [1.82, 2.24) is 24.6 Å². The number of likely N-dealkylation sites (N-methyl/N-ethyl adjacent to an activating group) is 1. The Bertz CT molecular complexity index is 923. The molecule has 148 valence electrons. The van der Waals surface area contributed by atoms with E-state index in [9.17, 15) is 13.2 Å². The SMILES string of the molecule is CN(C)C(CNc1cc(-n2cccn2)nc(N)n1)c1cccc(C(F)(F)F)c1. The third-order valence-corrected chi connectivity index (χ3v) is 4.17. The number of alkyl halides is 3. The Morgan fingerprint density at radius 1 is 1.18 bits per heavy atom. The summed E-state index contributed by atoms with van der Waals surface area (Å²) in [6.45, 7) is 0.323. The number of anilines is 2. The molecule has 0 radical (unpaired) electrons. The maximum absolute atomic E-state index is 13.0. The second-order valence-electron chi connectivity index (χ2n) is 6.40. The van der Waals surface area contributed by atoms with Crippen molar-refractivity contribution in [2.24, 2.45) is 0 Å². The van der Waals surface area contributed by atoms with Crippen LogP contribution in [0, 0.1) is 0 Å². The Hall–Kier alpha value is -3.14. The van der Waals surface area contributed by atoms with Gasteiger partial charge in [-0.05, 0) is 37.9 Å². The van der Waals surface area contributed by atoms with Gasteiger partial charge in [0.2, 0.25) is 5.95 Å². The van der Waals surface area contributed by atoms with Crippen LogP contribution in [0.3, 0.4) is 0 Å². The predicted octanol–water partition coefficient (Wildman–Crippen LogP) is 2.98. The number of aromatic nitrogens is 4. The van der Waals surface area contributed by atoms with Gasteiger partial charge in [0.25, 0.3) is 0 Å². The average Bonchev–Trinajstić information content (AvgIpc) is 3.15. The zero-order valence-corrected chi connectivity index (χ0v) is 15.4. The lowest BCUT2D eigenvalue weighted by Gasteiger charge is -2.26. The summed E-state index contributed by atoms with van der Waals surface area (Å²) in [4.78, 5) is 10.1. The second kappa shape index (κ2) is 7.85. The van der Waals surface area contributed by atoms with Crippen molar-refractivity contribution in [3.8, 4) is 5.82 Å². The first-order valence-electron chi connectivity index (χ1n) is 8.46. The molecule has 0 aliphatic heterocycles. The summed E-state index contributed by atoms with van der Waals surface area (Å²) in [5.74, 6) is 1.01. The zero-order valence-electron chi connectivity index (χ0n) is 15.4. The molecule has 10 heteroatoms. The van der Waals surface area contributed by atoms with Gasteiger partial charge >= 0.3 is 6.18 Å². The van der Waals surface area contributed by atoms with E-state index in [0.717, 1.165) is 12.1 Å². The first-order valence-corrected chi connectivity index (χ1v) is 8.46. The Morgan fingerprint density at radius 3 is 2.61 bits per heavy atom. The highest BCUT2D eigenvalue weighted by Crippen LogP contribution is 2.31. The van der Waals surface area contributed by atoms with Gasteiger partial charge in [-0.1, -0.05) is 12.1 Å². The topological polar surface area (TPSA) is 84.9 Å². The van der Waals surface area contributed by atoms with Crippen molar-refractivity contribution >= 4 is 11.8 Å². The lowest BCUT2D eigenvalue weighted by atomic mass is 10.0. The normalized spacial score (nSPS) is 12.9. The van der Waals surface area contributed by atoms with Crippen LogP contribution in [0.4, 0.5) is 24.9 Å². The van der Waals surface area contributed by atoms with Crippen LogP contribution in [0.25, 0.3) is 5.82 Å². The van der Waals surface area contributed by atoms with E-state index in [-0.39, 0.29) is 12.0 Å². The largest absolute Gasteiger partial charge is 0.416 e. The quantitative estimate of drug-likeness (QED) is 0.672. The van der Waals surface area contributed by atoms with Gasteiger partial charge in [0.1, 0.15) is 5.82 Å². The van der Waals surface area contributed by atoms with Crippen molar-refractivity contribution in [3.63, 3.8) is 0 Å². The van der Waals surface area contributed by atoms with Crippen molar-refractivity contribution in [1.29, 1.82) is 0 Å². The minimum atomic E-state index is -4.39. The maximum Gasteiger partial charge on any atom is 0.416 e. The van der Waals surface area contributed by atoms with E-state index in [2.05, 4.69) is 20.4 Å². The molecule has 2 heterocycles. The first kappa shape index (κ1) is 19.6. The monoisotopic (exact) mass is 391 g/mol. The summed E-state index contributed by atoms with van der Waals surface area (Å²) in [6, 6.07) is 8.41. The number of hydrogen-bond acceptors (Lipinski definition) is 6. The molecule has 0 spiro atoms. The summed E-state index contributed by atoms with van der Waals surface area (Å²) in [7, 11) is 3.60. The molecule has 0 saturated carbocycles. The van der Waals surface area contributed by atoms with Gasteiger partial charge in [0, 0.05) is 25.0 Å². The van der Waals surface area contributed by atoms with Crippen molar-refractivity contribution in [3.05, 3.63) is 59.9 Å². The number of nitrogens with two attached hydrogens (primary N) is 1. The van der Waals surface area contributed by atoms with E-state index in [0.29, 0.717) is 23.7 Å². The molecule has 0 amide bonds. The highest BCUT2D eigenvalue weighted by molar-refractivity contribution is 5.46. The van der Waals surface area contributed by atoms with E-state index >= 15 is 0 Å². The fraction of sp³-hybridized carbons (Fsp3) is 0.278. The van der Waals surface area contributed by atoms with Crippen molar-refractivity contribution in [2.45, 2.75) is 12.2 Å². The number of benzene rings is 1. The van der Waals surface area contributed by atoms with Crippen molar-refractivity contribution in [2.75, 3.05) is 31.7 Å². The number of nitrogens with one attached hydrogen (secondary N) is 1. The molecule has 0 aliphatic carbocycles. The molecule has 7 nitrogen and oxygen atoms in total. The predicted molar refractivity (Wildman–Crippen MR) is 99.9 cm³/mol. The molecule has 3 rings (SSSR count). The number of hydrogen-bond donors (Lipinski definition) is 2. The molecule has 1 unspecified atom stereocenters. The highest BCUT2D eigenvalue weighted by Gasteiger charge is 2.31. The standard InChI is InChI=1S/C18H20F3N7/c1-27(2)14(12-5-3-6-13(9-12)18(19,20)21)11-23-15-10-16(26-17(22)25-15)28-8-4-7-24-28/h3-10,14H,11H2,1-2H3,(H3,22,23,25,26). The van der Waals surface area contributed by atoms with Crippen LogP contribution < -0.4 is 11.1 Å². The van der Waals surface area contributed by atoms with Crippen LogP contribution in [0.5, 0.6) is 0 Å². The van der Waals surface area contributed by atoms with E-state index in [1.165, 1.54) is 6.07 Å². The third kappa shape index (κ3) is 4.58. The molecule has 1 atom stereocenters. The summed E-state index contributed by atoms with van der Waals surface area (Å²) in [6.07, 6.45) is -1.06. The second-order valence-corrected chi connectivity index (χ2v) is 6.40. The molecule has 3 N–H and O–H groups in total. The Morgan fingerprint density at radius 2 is 1.96 bits per heavy atom. The fourth-order valence-corrected chi connectivity index (χ4v) is 2.79. The van der Waals surface area contributed by atoms with Gasteiger partial charge in [0.15, 0.2) is 5.82 Å². The number of halogens is 3. The number of rotatable bonds is 6. The first-order chi connectivity index (χ1) is 13.2. The minimum Gasteiger partial charge on any atom is -0.368 e. The molecule has 28 heavy (non-hydrogen) atoms. The molecule has 1 aromatic carbocycles. The summed E-state index contributed by atoms with van der Waals surface area (Å²) >= 11 is 0. The Labute approximate surface area is 160 Å². The van der Waals surface area contributed by atoms with Gasteiger partial charge in [-0.3, -0.25) is 0 Å². The van der Waals surface area contributed by atoms with Crippen LogP contribution >= 0.6 is 0 Å². The smallest absolute Gasteiger partial charge is 0.368 e. The molecular weight excluding hydrogens is 371 g/mol. The molecule has 0 bridgehead atoms. The summed E-state index contributed by atoms with van der Waals surface area (Å²) in [5, 5.41) is 7.23. The Balaban J connectivity index is 1.81. The van der Waals surface area contributed by atoms with E-state index < -0.39 is 11.7 Å².